The van der Waals surface area contributed by atoms with Crippen molar-refractivity contribution < 1.29 is 41.0 Å². The molecule has 27 heavy (non-hydrogen) atoms. The largest absolute Gasteiger partial charge is 0.481 e. The molecule has 0 saturated heterocycles. The van der Waals surface area contributed by atoms with E-state index in [4.69, 9.17) is 5.11 Å². The Morgan fingerprint density at radius 3 is 2.07 bits per heavy atom. The van der Waals surface area contributed by atoms with E-state index in [1.54, 1.807) is 0 Å². The smallest absolute Gasteiger partial charge is 0.472 e. The van der Waals surface area contributed by atoms with Crippen LogP contribution in [-0.4, -0.2) is 28.1 Å². The van der Waals surface area contributed by atoms with E-state index < -0.39 is 46.7 Å². The molecule has 1 N–H and O–H groups in total. The lowest BCUT2D eigenvalue weighted by atomic mass is 10.0. The maximum atomic E-state index is 12.9. The number of thiazole rings is 1. The van der Waals surface area contributed by atoms with Crippen molar-refractivity contribution in [1.82, 2.24) is 4.98 Å². The summed E-state index contributed by atoms with van der Waals surface area (Å²) in [6.45, 7) is 1.34. The number of halogens is 6. The minimum atomic E-state index is -5.36. The highest BCUT2D eigenvalue weighted by Gasteiger charge is 2.45. The highest BCUT2D eigenvalue weighted by Crippen LogP contribution is 2.37. The Bertz CT molecular complexity index is 844. The van der Waals surface area contributed by atoms with Crippen LogP contribution in [0, 0.1) is 0 Å². The molecule has 5 nitrogen and oxygen atoms in total. The molecular weight excluding hydrogens is 402 g/mol. The normalized spacial score (nSPS) is 13.3. The van der Waals surface area contributed by atoms with Crippen LogP contribution in [0.1, 0.15) is 24.1 Å². The first kappa shape index (κ1) is 20.7. The van der Waals surface area contributed by atoms with E-state index in [1.165, 1.54) is 19.1 Å². The van der Waals surface area contributed by atoms with Gasteiger partial charge in [-0.25, -0.2) is 9.88 Å². The number of alkyl halides is 6. The summed E-state index contributed by atoms with van der Waals surface area (Å²) in [7, 11) is 0. The molecule has 0 radical (unpaired) electrons. The molecule has 0 aliphatic carbocycles. The molecule has 2 aromatic rings. The number of aromatic nitrogens is 1. The second-order valence-electron chi connectivity index (χ2n) is 5.30. The topological polar surface area (TPSA) is 70.5 Å². The summed E-state index contributed by atoms with van der Waals surface area (Å²) in [6, 6.07) is 4.35. The van der Waals surface area contributed by atoms with Crippen LogP contribution >= 0.6 is 11.3 Å². The summed E-state index contributed by atoms with van der Waals surface area (Å²) in [4.78, 5) is 25.8. The third-order valence-corrected chi connectivity index (χ3v) is 4.27. The molecule has 1 atom stereocenters. The zero-order chi connectivity index (χ0) is 20.6. The first-order chi connectivity index (χ1) is 12.3. The number of hydrogen-bond acceptors (Lipinski definition) is 4. The summed E-state index contributed by atoms with van der Waals surface area (Å²) in [5.41, 5.74) is -1.60. The first-order valence-corrected chi connectivity index (χ1v) is 7.97. The zero-order valence-electron chi connectivity index (χ0n) is 13.3. The average Bonchev–Trinajstić information content (AvgIpc) is 3.04. The van der Waals surface area contributed by atoms with E-state index in [2.05, 4.69) is 4.98 Å². The molecule has 1 heterocycles. The number of benzene rings is 1. The van der Waals surface area contributed by atoms with Crippen LogP contribution < -0.4 is 4.90 Å². The molecule has 1 amide bonds. The SMILES string of the molecule is CC(C(=O)O)c1ccc(N(C(=O)C(F)(F)F)c2nc(C(F)(F)F)cs2)cc1. The van der Waals surface area contributed by atoms with Crippen LogP contribution in [0.5, 0.6) is 0 Å². The maximum absolute atomic E-state index is 12.9. The minimum Gasteiger partial charge on any atom is -0.481 e. The van der Waals surface area contributed by atoms with Gasteiger partial charge in [-0.1, -0.05) is 12.1 Å². The molecule has 0 fully saturated rings. The van der Waals surface area contributed by atoms with Gasteiger partial charge >= 0.3 is 24.2 Å². The number of anilines is 2. The van der Waals surface area contributed by atoms with Crippen LogP contribution in [0.2, 0.25) is 0 Å². The van der Waals surface area contributed by atoms with E-state index in [1.807, 2.05) is 0 Å². The summed E-state index contributed by atoms with van der Waals surface area (Å²) in [6.07, 6.45) is -10.3. The summed E-state index contributed by atoms with van der Waals surface area (Å²) in [5.74, 6) is -4.58. The van der Waals surface area contributed by atoms with Crippen molar-refractivity contribution in [2.45, 2.75) is 25.2 Å². The van der Waals surface area contributed by atoms with E-state index in [9.17, 15) is 35.9 Å². The highest BCUT2D eigenvalue weighted by atomic mass is 32.1. The number of carbonyl (C=O) groups is 2. The van der Waals surface area contributed by atoms with Crippen LogP contribution in [0.25, 0.3) is 0 Å². The number of carboxylic acid groups (broad SMARTS) is 1. The highest BCUT2D eigenvalue weighted by molar-refractivity contribution is 7.14. The fourth-order valence-corrected chi connectivity index (χ4v) is 2.84. The Balaban J connectivity index is 2.49. The Morgan fingerprint density at radius 1 is 1.11 bits per heavy atom. The second kappa shape index (κ2) is 7.18. The standard InChI is InChI=1S/C15H10F6N2O3S/c1-7(11(24)25)8-2-4-9(5-3-8)23(12(26)15(19,20)21)13-22-10(6-27-13)14(16,17)18/h2-7H,1H3,(H,24,25). The lowest BCUT2D eigenvalue weighted by Crippen LogP contribution is -2.38. The third-order valence-electron chi connectivity index (χ3n) is 3.44. The first-order valence-electron chi connectivity index (χ1n) is 7.09. The molecule has 0 aliphatic rings. The molecule has 1 aromatic heterocycles. The fourth-order valence-electron chi connectivity index (χ4n) is 1.99. The van der Waals surface area contributed by atoms with Gasteiger partial charge < -0.3 is 5.11 Å². The molecule has 1 aromatic carbocycles. The monoisotopic (exact) mass is 412 g/mol. The Labute approximate surface area is 151 Å². The number of nitrogens with zero attached hydrogens (tertiary/aromatic N) is 2. The van der Waals surface area contributed by atoms with Gasteiger partial charge in [0, 0.05) is 5.38 Å². The van der Waals surface area contributed by atoms with E-state index in [-0.39, 0.29) is 21.8 Å². The van der Waals surface area contributed by atoms with Gasteiger partial charge in [-0.15, -0.1) is 11.3 Å². The van der Waals surface area contributed by atoms with Crippen molar-refractivity contribution in [2.75, 3.05) is 4.90 Å². The molecule has 0 spiro atoms. The summed E-state index contributed by atoms with van der Waals surface area (Å²) >= 11 is 0.219. The molecule has 1 unspecified atom stereocenters. The van der Waals surface area contributed by atoms with Crippen molar-refractivity contribution in [2.24, 2.45) is 0 Å². The number of carbonyl (C=O) groups excluding carboxylic acids is 1. The lowest BCUT2D eigenvalue weighted by Gasteiger charge is -2.21. The summed E-state index contributed by atoms with van der Waals surface area (Å²) in [5, 5.41) is 8.61. The predicted octanol–water partition coefficient (Wildman–Crippen LogP) is 4.58. The molecule has 12 heteroatoms. The van der Waals surface area contributed by atoms with Crippen LogP contribution in [0.4, 0.5) is 37.2 Å². The molecule has 0 aliphatic heterocycles. The van der Waals surface area contributed by atoms with Crippen molar-refractivity contribution in [1.29, 1.82) is 0 Å². The predicted molar refractivity (Wildman–Crippen MR) is 82.8 cm³/mol. The number of hydrogen-bond donors (Lipinski definition) is 1. The molecular formula is C15H10F6N2O3S. The van der Waals surface area contributed by atoms with Gasteiger partial charge in [0.05, 0.1) is 11.6 Å². The minimum absolute atomic E-state index is 0.00905. The van der Waals surface area contributed by atoms with Crippen molar-refractivity contribution in [3.8, 4) is 0 Å². The van der Waals surface area contributed by atoms with Crippen LogP contribution in [0.3, 0.4) is 0 Å². The van der Waals surface area contributed by atoms with Crippen molar-refractivity contribution in [3.63, 3.8) is 0 Å². The quantitative estimate of drug-likeness (QED) is 0.747. The number of carboxylic acids is 1. The molecule has 0 saturated carbocycles. The Kier molecular flexibility index (Phi) is 5.50. The van der Waals surface area contributed by atoms with Gasteiger partial charge in [-0.2, -0.15) is 26.3 Å². The van der Waals surface area contributed by atoms with Crippen LogP contribution in [0.15, 0.2) is 29.6 Å². The zero-order valence-corrected chi connectivity index (χ0v) is 14.1. The van der Waals surface area contributed by atoms with Gasteiger partial charge in [0.25, 0.3) is 0 Å². The van der Waals surface area contributed by atoms with Gasteiger partial charge in [-0.3, -0.25) is 9.59 Å². The van der Waals surface area contributed by atoms with Crippen LogP contribution in [-0.2, 0) is 15.8 Å². The maximum Gasteiger partial charge on any atom is 0.472 e. The Morgan fingerprint density at radius 2 is 1.67 bits per heavy atom. The van der Waals surface area contributed by atoms with Gasteiger partial charge in [0.15, 0.2) is 10.8 Å². The van der Waals surface area contributed by atoms with Gasteiger partial charge in [0.1, 0.15) is 0 Å². The molecule has 2 rings (SSSR count). The third kappa shape index (κ3) is 4.56. The van der Waals surface area contributed by atoms with E-state index in [0.29, 0.717) is 5.38 Å². The second-order valence-corrected chi connectivity index (χ2v) is 6.14. The average molecular weight is 412 g/mol. The van der Waals surface area contributed by atoms with Crippen molar-refractivity contribution >= 4 is 34.0 Å². The fraction of sp³-hybridized carbons (Fsp3) is 0.267. The number of aliphatic carboxylic acids is 1. The molecule has 146 valence electrons. The Hall–Kier alpha value is -2.63. The van der Waals surface area contributed by atoms with E-state index in [0.717, 1.165) is 12.1 Å². The summed E-state index contributed by atoms with van der Waals surface area (Å²) < 4.78 is 76.8. The van der Waals surface area contributed by atoms with Gasteiger partial charge in [-0.05, 0) is 24.6 Å². The lowest BCUT2D eigenvalue weighted by molar-refractivity contribution is -0.169. The molecule has 0 bridgehead atoms. The van der Waals surface area contributed by atoms with Crippen molar-refractivity contribution in [3.05, 3.63) is 40.9 Å². The number of rotatable bonds is 4. The van der Waals surface area contributed by atoms with E-state index >= 15 is 0 Å². The van der Waals surface area contributed by atoms with Gasteiger partial charge in [0.2, 0.25) is 0 Å². The number of amides is 1.